The van der Waals surface area contributed by atoms with Crippen molar-refractivity contribution >= 4 is 5.69 Å². The van der Waals surface area contributed by atoms with E-state index in [2.05, 4.69) is 20.5 Å². The largest absolute Gasteiger partial charge is 0.310 e. The second kappa shape index (κ2) is 6.05. The Morgan fingerprint density at radius 2 is 2.37 bits per heavy atom. The minimum absolute atomic E-state index is 0.0443. The Hall–Kier alpha value is -2.28. The van der Waals surface area contributed by atoms with Crippen molar-refractivity contribution in [3.8, 4) is 0 Å². The van der Waals surface area contributed by atoms with E-state index in [1.54, 1.807) is 12.1 Å². The third-order valence-electron chi connectivity index (χ3n) is 2.86. The molecule has 0 aliphatic rings. The summed E-state index contributed by atoms with van der Waals surface area (Å²) in [6.07, 6.45) is 2.21. The molecule has 1 atom stereocenters. The smallest absolute Gasteiger partial charge is 0.269 e. The van der Waals surface area contributed by atoms with Crippen LogP contribution in [0.15, 0.2) is 30.6 Å². The summed E-state index contributed by atoms with van der Waals surface area (Å²) in [4.78, 5) is 14.4. The Bertz CT molecular complexity index is 541. The van der Waals surface area contributed by atoms with Gasteiger partial charge < -0.3 is 5.32 Å². The number of nitro benzene ring substituents is 1. The van der Waals surface area contributed by atoms with Crippen LogP contribution < -0.4 is 5.32 Å². The van der Waals surface area contributed by atoms with Crippen LogP contribution in [0.2, 0.25) is 0 Å². The van der Waals surface area contributed by atoms with Crippen LogP contribution in [-0.4, -0.2) is 26.6 Å². The minimum atomic E-state index is -0.384. The van der Waals surface area contributed by atoms with Crippen LogP contribution >= 0.6 is 0 Å². The van der Waals surface area contributed by atoms with Crippen molar-refractivity contribution in [2.24, 2.45) is 0 Å². The molecular formula is C12H15N5O2. The van der Waals surface area contributed by atoms with Gasteiger partial charge in [0, 0.05) is 31.1 Å². The molecule has 0 spiro atoms. The van der Waals surface area contributed by atoms with Crippen molar-refractivity contribution in [2.75, 3.05) is 6.54 Å². The summed E-state index contributed by atoms with van der Waals surface area (Å²) in [6.45, 7) is 2.69. The average molecular weight is 261 g/mol. The molecule has 0 aliphatic carbocycles. The Balaban J connectivity index is 1.90. The molecule has 0 saturated heterocycles. The number of aromatic amines is 1. The highest BCUT2D eigenvalue weighted by Crippen LogP contribution is 2.18. The predicted octanol–water partition coefficient (Wildman–Crippen LogP) is 1.61. The van der Waals surface area contributed by atoms with Crippen molar-refractivity contribution in [3.05, 3.63) is 52.1 Å². The van der Waals surface area contributed by atoms with E-state index in [0.717, 1.165) is 24.4 Å². The first-order chi connectivity index (χ1) is 9.16. The number of nitrogens with one attached hydrogen (secondary N) is 2. The van der Waals surface area contributed by atoms with Crippen LogP contribution in [-0.2, 0) is 6.42 Å². The topological polar surface area (TPSA) is 96.7 Å². The molecular weight excluding hydrogens is 246 g/mol. The van der Waals surface area contributed by atoms with Crippen LogP contribution in [0.4, 0.5) is 5.69 Å². The molecule has 2 aromatic rings. The summed E-state index contributed by atoms with van der Waals surface area (Å²) in [6, 6.07) is 6.70. The lowest BCUT2D eigenvalue weighted by molar-refractivity contribution is -0.384. The third kappa shape index (κ3) is 3.59. The Morgan fingerprint density at radius 3 is 3.05 bits per heavy atom. The maximum atomic E-state index is 10.7. The van der Waals surface area contributed by atoms with E-state index in [9.17, 15) is 10.1 Å². The zero-order valence-corrected chi connectivity index (χ0v) is 10.5. The summed E-state index contributed by atoms with van der Waals surface area (Å²) >= 11 is 0. The molecule has 0 saturated carbocycles. The van der Waals surface area contributed by atoms with Gasteiger partial charge in [0.2, 0.25) is 0 Å². The molecule has 1 aromatic heterocycles. The van der Waals surface area contributed by atoms with Crippen LogP contribution in [0.5, 0.6) is 0 Å². The third-order valence-corrected chi connectivity index (χ3v) is 2.86. The minimum Gasteiger partial charge on any atom is -0.310 e. The molecule has 2 N–H and O–H groups in total. The SMILES string of the molecule is CC(NCCc1ncn[nH]1)c1cccc([N+](=O)[O-])c1. The number of aromatic nitrogens is 3. The fourth-order valence-corrected chi connectivity index (χ4v) is 1.78. The van der Waals surface area contributed by atoms with E-state index in [-0.39, 0.29) is 16.7 Å². The molecule has 7 heteroatoms. The van der Waals surface area contributed by atoms with Crippen LogP contribution in [0.1, 0.15) is 24.4 Å². The summed E-state index contributed by atoms with van der Waals surface area (Å²) in [7, 11) is 0. The maximum absolute atomic E-state index is 10.7. The van der Waals surface area contributed by atoms with Gasteiger partial charge in [0.05, 0.1) is 4.92 Å². The van der Waals surface area contributed by atoms with Gasteiger partial charge in [0.15, 0.2) is 0 Å². The predicted molar refractivity (Wildman–Crippen MR) is 69.6 cm³/mol. The van der Waals surface area contributed by atoms with Gasteiger partial charge >= 0.3 is 0 Å². The molecule has 0 fully saturated rings. The molecule has 0 bridgehead atoms. The molecule has 7 nitrogen and oxygen atoms in total. The van der Waals surface area contributed by atoms with E-state index in [4.69, 9.17) is 0 Å². The second-order valence-electron chi connectivity index (χ2n) is 4.21. The molecule has 1 aromatic carbocycles. The number of hydrogen-bond donors (Lipinski definition) is 2. The van der Waals surface area contributed by atoms with E-state index in [1.165, 1.54) is 12.4 Å². The highest BCUT2D eigenvalue weighted by atomic mass is 16.6. The van der Waals surface area contributed by atoms with E-state index in [0.29, 0.717) is 0 Å². The number of nitro groups is 1. The van der Waals surface area contributed by atoms with Crippen molar-refractivity contribution in [3.63, 3.8) is 0 Å². The van der Waals surface area contributed by atoms with Crippen molar-refractivity contribution in [1.82, 2.24) is 20.5 Å². The van der Waals surface area contributed by atoms with Crippen LogP contribution in [0.3, 0.4) is 0 Å². The van der Waals surface area contributed by atoms with E-state index >= 15 is 0 Å². The number of non-ortho nitro benzene ring substituents is 1. The monoisotopic (exact) mass is 261 g/mol. The number of H-pyrrole nitrogens is 1. The molecule has 1 heterocycles. The molecule has 1 unspecified atom stereocenters. The Morgan fingerprint density at radius 1 is 1.53 bits per heavy atom. The van der Waals surface area contributed by atoms with Gasteiger partial charge in [-0.05, 0) is 12.5 Å². The number of benzene rings is 1. The molecule has 0 amide bonds. The molecule has 0 aliphatic heterocycles. The van der Waals surface area contributed by atoms with Gasteiger partial charge in [-0.2, -0.15) is 5.10 Å². The highest BCUT2D eigenvalue weighted by molar-refractivity contribution is 5.35. The van der Waals surface area contributed by atoms with Gasteiger partial charge in [-0.25, -0.2) is 4.98 Å². The molecule has 100 valence electrons. The fourth-order valence-electron chi connectivity index (χ4n) is 1.78. The standard InChI is InChI=1S/C12H15N5O2/c1-9(13-6-5-12-14-8-15-16-12)10-3-2-4-11(7-10)17(18)19/h2-4,7-9,13H,5-6H2,1H3,(H,14,15,16). The summed E-state index contributed by atoms with van der Waals surface area (Å²) in [5.74, 6) is 0.818. The lowest BCUT2D eigenvalue weighted by Crippen LogP contribution is -2.21. The summed E-state index contributed by atoms with van der Waals surface area (Å²) in [5, 5.41) is 20.6. The Labute approximate surface area is 110 Å². The normalized spacial score (nSPS) is 12.3. The highest BCUT2D eigenvalue weighted by Gasteiger charge is 2.10. The van der Waals surface area contributed by atoms with Gasteiger partial charge in [0.25, 0.3) is 5.69 Å². The fraction of sp³-hybridized carbons (Fsp3) is 0.333. The summed E-state index contributed by atoms with van der Waals surface area (Å²) < 4.78 is 0. The maximum Gasteiger partial charge on any atom is 0.269 e. The molecule has 0 radical (unpaired) electrons. The quantitative estimate of drug-likeness (QED) is 0.608. The average Bonchev–Trinajstić information content (AvgIpc) is 2.92. The first-order valence-corrected chi connectivity index (χ1v) is 5.99. The van der Waals surface area contributed by atoms with Crippen molar-refractivity contribution < 1.29 is 4.92 Å². The van der Waals surface area contributed by atoms with Gasteiger partial charge in [-0.1, -0.05) is 12.1 Å². The molecule has 19 heavy (non-hydrogen) atoms. The Kier molecular flexibility index (Phi) is 4.19. The lowest BCUT2D eigenvalue weighted by atomic mass is 10.1. The van der Waals surface area contributed by atoms with Crippen LogP contribution in [0, 0.1) is 10.1 Å². The number of hydrogen-bond acceptors (Lipinski definition) is 5. The van der Waals surface area contributed by atoms with E-state index in [1.807, 2.05) is 13.0 Å². The van der Waals surface area contributed by atoms with Gasteiger partial charge in [0.1, 0.15) is 12.2 Å². The van der Waals surface area contributed by atoms with E-state index < -0.39 is 0 Å². The van der Waals surface area contributed by atoms with Gasteiger partial charge in [-0.3, -0.25) is 15.2 Å². The molecule has 2 rings (SSSR count). The zero-order chi connectivity index (χ0) is 13.7. The summed E-state index contributed by atoms with van der Waals surface area (Å²) in [5.41, 5.74) is 1.01. The van der Waals surface area contributed by atoms with Gasteiger partial charge in [-0.15, -0.1) is 0 Å². The van der Waals surface area contributed by atoms with Crippen LogP contribution in [0.25, 0.3) is 0 Å². The van der Waals surface area contributed by atoms with Crippen molar-refractivity contribution in [1.29, 1.82) is 0 Å². The second-order valence-corrected chi connectivity index (χ2v) is 4.21. The van der Waals surface area contributed by atoms with Crippen molar-refractivity contribution in [2.45, 2.75) is 19.4 Å². The first kappa shape index (κ1) is 13.2. The first-order valence-electron chi connectivity index (χ1n) is 5.99. The lowest BCUT2D eigenvalue weighted by Gasteiger charge is -2.13. The zero-order valence-electron chi connectivity index (χ0n) is 10.5. The number of rotatable bonds is 6. The number of nitrogens with zero attached hydrogens (tertiary/aromatic N) is 3.